The van der Waals surface area contributed by atoms with E-state index in [1.807, 2.05) is 0 Å². The van der Waals surface area contributed by atoms with Gasteiger partial charge >= 0.3 is 16.3 Å². The molecule has 0 heterocycles. The van der Waals surface area contributed by atoms with Crippen LogP contribution in [0.5, 0.6) is 0 Å². The van der Waals surface area contributed by atoms with E-state index in [2.05, 4.69) is 9.46 Å². The highest BCUT2D eigenvalue weighted by Gasteiger charge is 2.17. The summed E-state index contributed by atoms with van der Waals surface area (Å²) >= 11 is 5.48. The van der Waals surface area contributed by atoms with Crippen LogP contribution in [0.4, 0.5) is 4.79 Å². The summed E-state index contributed by atoms with van der Waals surface area (Å²) in [6.45, 7) is 3.39. The predicted octanol–water partition coefficient (Wildman–Crippen LogP) is 0.974. The number of nitrogens with one attached hydrogen (secondary N) is 2. The van der Waals surface area contributed by atoms with Gasteiger partial charge in [0.05, 0.1) is 6.61 Å². The Bertz CT molecular complexity index is 307. The zero-order chi connectivity index (χ0) is 12.6. The Labute approximate surface area is 101 Å². The lowest BCUT2D eigenvalue weighted by atomic mass is 10.2. The predicted molar refractivity (Wildman–Crippen MR) is 61.6 cm³/mol. The van der Waals surface area contributed by atoms with Crippen molar-refractivity contribution in [3.05, 3.63) is 0 Å². The van der Waals surface area contributed by atoms with Gasteiger partial charge in [-0.15, -0.1) is 11.6 Å². The van der Waals surface area contributed by atoms with Gasteiger partial charge in [-0.05, 0) is 26.7 Å². The normalized spacial score (nSPS) is 13.2. The van der Waals surface area contributed by atoms with Crippen molar-refractivity contribution in [2.24, 2.45) is 0 Å². The molecule has 0 fully saturated rings. The first kappa shape index (κ1) is 15.5. The summed E-state index contributed by atoms with van der Waals surface area (Å²) in [4.78, 5) is 10.9. The maximum absolute atomic E-state index is 11.3. The topological polar surface area (TPSA) is 84.5 Å². The molecule has 0 bridgehead atoms. The average Bonchev–Trinajstić information content (AvgIpc) is 2.13. The van der Waals surface area contributed by atoms with Crippen molar-refractivity contribution in [1.82, 2.24) is 9.44 Å². The molecule has 0 radical (unpaired) electrons. The van der Waals surface area contributed by atoms with Crippen molar-refractivity contribution in [1.29, 1.82) is 0 Å². The molecule has 1 unspecified atom stereocenters. The largest absolute Gasteiger partial charge is 0.449 e. The summed E-state index contributed by atoms with van der Waals surface area (Å²) < 4.78 is 31.1. The van der Waals surface area contributed by atoms with E-state index >= 15 is 0 Å². The van der Waals surface area contributed by atoms with E-state index in [-0.39, 0.29) is 12.6 Å². The summed E-state index contributed by atoms with van der Waals surface area (Å²) in [7, 11) is -3.85. The van der Waals surface area contributed by atoms with E-state index in [1.165, 1.54) is 0 Å². The Hall–Kier alpha value is -0.530. The van der Waals surface area contributed by atoms with Crippen LogP contribution in [-0.2, 0) is 14.9 Å². The third kappa shape index (κ3) is 7.72. The molecule has 8 heteroatoms. The number of carbonyl (C=O) groups is 1. The molecule has 0 aliphatic rings. The molecule has 0 spiro atoms. The third-order valence-corrected chi connectivity index (χ3v) is 3.04. The lowest BCUT2D eigenvalue weighted by molar-refractivity contribution is 0.158. The molecule has 6 nitrogen and oxygen atoms in total. The Kier molecular flexibility index (Phi) is 7.44. The molecule has 0 aliphatic carbocycles. The van der Waals surface area contributed by atoms with Crippen LogP contribution in [0.2, 0.25) is 0 Å². The van der Waals surface area contributed by atoms with Gasteiger partial charge in [-0.25, -0.2) is 9.52 Å². The molecule has 0 aromatic carbocycles. The van der Waals surface area contributed by atoms with Gasteiger partial charge in [0.1, 0.15) is 0 Å². The maximum atomic E-state index is 11.3. The SMILES string of the molecule is CCOC(=O)NS(=O)(=O)NC(C)CCCCl. The second-order valence-electron chi connectivity index (χ2n) is 3.18. The zero-order valence-corrected chi connectivity index (χ0v) is 10.9. The van der Waals surface area contributed by atoms with Crippen molar-refractivity contribution in [2.45, 2.75) is 32.7 Å². The Morgan fingerprint density at radius 1 is 1.50 bits per heavy atom. The summed E-state index contributed by atoms with van der Waals surface area (Å²) in [5.74, 6) is 0.470. The molecule has 0 saturated carbocycles. The molecule has 0 aromatic heterocycles. The fraction of sp³-hybridized carbons (Fsp3) is 0.875. The molecule has 1 atom stereocenters. The highest BCUT2D eigenvalue weighted by Crippen LogP contribution is 1.99. The molecular weight excluding hydrogens is 256 g/mol. The fourth-order valence-electron chi connectivity index (χ4n) is 1.01. The summed E-state index contributed by atoms with van der Waals surface area (Å²) in [6.07, 6.45) is 0.317. The number of hydrogen-bond acceptors (Lipinski definition) is 4. The zero-order valence-electron chi connectivity index (χ0n) is 9.32. The molecule has 0 saturated heterocycles. The van der Waals surface area contributed by atoms with Crippen LogP contribution >= 0.6 is 11.6 Å². The average molecular weight is 273 g/mol. The van der Waals surface area contributed by atoms with Gasteiger partial charge in [-0.3, -0.25) is 0 Å². The minimum absolute atomic E-state index is 0.114. The number of rotatable bonds is 7. The first-order valence-electron chi connectivity index (χ1n) is 4.94. The molecule has 1 amide bonds. The Morgan fingerprint density at radius 3 is 2.62 bits per heavy atom. The number of carbonyl (C=O) groups excluding carboxylic acids is 1. The van der Waals surface area contributed by atoms with E-state index in [4.69, 9.17) is 11.6 Å². The van der Waals surface area contributed by atoms with E-state index < -0.39 is 16.3 Å². The van der Waals surface area contributed by atoms with Crippen molar-refractivity contribution in [3.8, 4) is 0 Å². The maximum Gasteiger partial charge on any atom is 0.421 e. The first-order chi connectivity index (χ1) is 7.41. The molecule has 0 rings (SSSR count). The quantitative estimate of drug-likeness (QED) is 0.677. The number of amides is 1. The number of halogens is 1. The van der Waals surface area contributed by atoms with Crippen LogP contribution < -0.4 is 9.44 Å². The molecule has 16 heavy (non-hydrogen) atoms. The number of alkyl halides is 1. The highest BCUT2D eigenvalue weighted by atomic mass is 35.5. The van der Waals surface area contributed by atoms with Crippen LogP contribution in [-0.4, -0.2) is 33.0 Å². The summed E-state index contributed by atoms with van der Waals surface area (Å²) in [6, 6.07) is -0.286. The van der Waals surface area contributed by atoms with Gasteiger partial charge in [0.15, 0.2) is 0 Å². The van der Waals surface area contributed by atoms with Crippen molar-refractivity contribution in [3.63, 3.8) is 0 Å². The van der Waals surface area contributed by atoms with Gasteiger partial charge in [-0.2, -0.15) is 13.1 Å². The minimum atomic E-state index is -3.85. The standard InChI is InChI=1S/C8H17ClN2O4S/c1-3-15-8(12)11-16(13,14)10-7(2)5-4-6-9/h7,10H,3-6H2,1-2H3,(H,11,12). The summed E-state index contributed by atoms with van der Waals surface area (Å²) in [5.41, 5.74) is 0. The van der Waals surface area contributed by atoms with E-state index in [0.717, 1.165) is 0 Å². The lowest BCUT2D eigenvalue weighted by Gasteiger charge is -2.13. The van der Waals surface area contributed by atoms with Crippen LogP contribution in [0, 0.1) is 0 Å². The van der Waals surface area contributed by atoms with Gasteiger partial charge in [0, 0.05) is 11.9 Å². The molecule has 0 aromatic rings. The molecule has 2 N–H and O–H groups in total. The first-order valence-corrected chi connectivity index (χ1v) is 6.95. The summed E-state index contributed by atoms with van der Waals surface area (Å²) in [5, 5.41) is 0. The van der Waals surface area contributed by atoms with Gasteiger partial charge < -0.3 is 4.74 Å². The van der Waals surface area contributed by atoms with Crippen molar-refractivity contribution in [2.75, 3.05) is 12.5 Å². The van der Waals surface area contributed by atoms with Gasteiger partial charge in [0.2, 0.25) is 0 Å². The van der Waals surface area contributed by atoms with Crippen LogP contribution in [0.1, 0.15) is 26.7 Å². The van der Waals surface area contributed by atoms with E-state index in [1.54, 1.807) is 18.6 Å². The van der Waals surface area contributed by atoms with Crippen molar-refractivity contribution < 1.29 is 17.9 Å². The highest BCUT2D eigenvalue weighted by molar-refractivity contribution is 7.88. The van der Waals surface area contributed by atoms with Gasteiger partial charge in [-0.1, -0.05) is 0 Å². The van der Waals surface area contributed by atoms with Crippen molar-refractivity contribution >= 4 is 27.9 Å². The number of ether oxygens (including phenoxy) is 1. The minimum Gasteiger partial charge on any atom is -0.449 e. The second-order valence-corrected chi connectivity index (χ2v) is 5.00. The second kappa shape index (κ2) is 7.70. The van der Waals surface area contributed by atoms with Crippen LogP contribution in [0.15, 0.2) is 0 Å². The van der Waals surface area contributed by atoms with E-state index in [0.29, 0.717) is 18.7 Å². The number of hydrogen-bond donors (Lipinski definition) is 2. The Balaban J connectivity index is 4.09. The Morgan fingerprint density at radius 2 is 2.12 bits per heavy atom. The third-order valence-electron chi connectivity index (χ3n) is 1.62. The molecular formula is C8H17ClN2O4S. The lowest BCUT2D eigenvalue weighted by Crippen LogP contribution is -2.44. The molecule has 0 aliphatic heterocycles. The van der Waals surface area contributed by atoms with E-state index in [9.17, 15) is 13.2 Å². The molecule has 96 valence electrons. The van der Waals surface area contributed by atoms with Gasteiger partial charge in [0.25, 0.3) is 0 Å². The van der Waals surface area contributed by atoms with Crippen LogP contribution in [0.3, 0.4) is 0 Å². The van der Waals surface area contributed by atoms with Crippen LogP contribution in [0.25, 0.3) is 0 Å². The smallest absolute Gasteiger partial charge is 0.421 e. The monoisotopic (exact) mass is 272 g/mol. The fourth-order valence-corrected chi connectivity index (χ4v) is 2.15.